The second-order valence-corrected chi connectivity index (χ2v) is 5.42. The smallest absolute Gasteiger partial charge is 0.118 e. The van der Waals surface area contributed by atoms with Crippen molar-refractivity contribution < 1.29 is 19.3 Å². The molecular formula is C20H24O4. The summed E-state index contributed by atoms with van der Waals surface area (Å²) in [5.74, 6) is 0.810. The van der Waals surface area contributed by atoms with Gasteiger partial charge in [0, 0.05) is 0 Å². The first-order valence-corrected chi connectivity index (χ1v) is 7.89. The first-order valence-electron chi connectivity index (χ1n) is 7.89. The Balaban J connectivity index is 1.83. The Hall–Kier alpha value is -2.14. The van der Waals surface area contributed by atoms with Crippen molar-refractivity contribution in [2.45, 2.75) is 25.4 Å². The molecule has 0 radical (unpaired) electrons. The monoisotopic (exact) mass is 328 g/mol. The van der Waals surface area contributed by atoms with E-state index < -0.39 is 12.2 Å². The molecule has 0 fully saturated rings. The number of aliphatic hydroxyl groups is 1. The van der Waals surface area contributed by atoms with E-state index in [9.17, 15) is 5.11 Å². The number of benzene rings is 2. The van der Waals surface area contributed by atoms with Gasteiger partial charge in [-0.05, 0) is 23.3 Å². The van der Waals surface area contributed by atoms with E-state index in [1.807, 2.05) is 54.6 Å². The molecule has 0 aromatic heterocycles. The van der Waals surface area contributed by atoms with Gasteiger partial charge >= 0.3 is 0 Å². The average Bonchev–Trinajstić information content (AvgIpc) is 2.65. The Morgan fingerprint density at radius 3 is 2.29 bits per heavy atom. The summed E-state index contributed by atoms with van der Waals surface area (Å²) >= 11 is 0. The third-order valence-electron chi connectivity index (χ3n) is 3.64. The van der Waals surface area contributed by atoms with E-state index in [2.05, 4.69) is 6.58 Å². The highest BCUT2D eigenvalue weighted by Crippen LogP contribution is 2.13. The van der Waals surface area contributed by atoms with Gasteiger partial charge in [0.2, 0.25) is 0 Å². The van der Waals surface area contributed by atoms with Crippen LogP contribution in [0.5, 0.6) is 5.75 Å². The molecule has 2 atom stereocenters. The van der Waals surface area contributed by atoms with Gasteiger partial charge in [-0.15, -0.1) is 6.58 Å². The fraction of sp³-hybridized carbons (Fsp3) is 0.300. The first-order chi connectivity index (χ1) is 11.7. The molecular weight excluding hydrogens is 304 g/mol. The lowest BCUT2D eigenvalue weighted by molar-refractivity contribution is -0.0749. The standard InChI is InChI=1S/C20H24O4/c1-3-19(21)20(24-14-16-7-5-4-6-8-16)15-23-13-17-9-11-18(22-2)12-10-17/h3-12,19-21H,1,13-15H2,2H3/t19-,20+/m1/s1. The number of hydrogen-bond acceptors (Lipinski definition) is 4. The average molecular weight is 328 g/mol. The second-order valence-electron chi connectivity index (χ2n) is 5.42. The summed E-state index contributed by atoms with van der Waals surface area (Å²) in [6.45, 7) is 4.77. The van der Waals surface area contributed by atoms with Gasteiger partial charge in [0.05, 0.1) is 26.9 Å². The quantitative estimate of drug-likeness (QED) is 0.680. The van der Waals surface area contributed by atoms with E-state index in [-0.39, 0.29) is 6.61 Å². The molecule has 0 aliphatic rings. The summed E-state index contributed by atoms with van der Waals surface area (Å²) in [5, 5.41) is 10.0. The number of ether oxygens (including phenoxy) is 3. The van der Waals surface area contributed by atoms with Gasteiger partial charge in [-0.2, -0.15) is 0 Å². The van der Waals surface area contributed by atoms with Crippen LogP contribution in [0.1, 0.15) is 11.1 Å². The molecule has 0 unspecified atom stereocenters. The number of rotatable bonds is 10. The Bertz CT molecular complexity index is 595. The van der Waals surface area contributed by atoms with Crippen LogP contribution in [0, 0.1) is 0 Å². The van der Waals surface area contributed by atoms with E-state index >= 15 is 0 Å². The summed E-state index contributed by atoms with van der Waals surface area (Å²) in [5.41, 5.74) is 2.08. The van der Waals surface area contributed by atoms with Crippen LogP contribution in [-0.4, -0.2) is 31.0 Å². The Labute approximate surface area is 143 Å². The van der Waals surface area contributed by atoms with Crippen LogP contribution in [0.15, 0.2) is 67.3 Å². The van der Waals surface area contributed by atoms with Crippen LogP contribution in [-0.2, 0) is 22.7 Å². The fourth-order valence-electron chi connectivity index (χ4n) is 2.19. The molecule has 0 saturated carbocycles. The lowest BCUT2D eigenvalue weighted by Gasteiger charge is -2.21. The van der Waals surface area contributed by atoms with Crippen molar-refractivity contribution in [3.8, 4) is 5.75 Å². The van der Waals surface area contributed by atoms with Crippen LogP contribution in [0.25, 0.3) is 0 Å². The van der Waals surface area contributed by atoms with Crippen LogP contribution in [0.2, 0.25) is 0 Å². The van der Waals surface area contributed by atoms with Crippen molar-refractivity contribution in [3.63, 3.8) is 0 Å². The van der Waals surface area contributed by atoms with E-state index in [1.54, 1.807) is 7.11 Å². The first kappa shape index (κ1) is 18.2. The lowest BCUT2D eigenvalue weighted by Crippen LogP contribution is -2.32. The van der Waals surface area contributed by atoms with E-state index in [4.69, 9.17) is 14.2 Å². The molecule has 0 bridgehead atoms. The number of hydrogen-bond donors (Lipinski definition) is 1. The molecule has 128 valence electrons. The number of aliphatic hydroxyl groups excluding tert-OH is 1. The van der Waals surface area contributed by atoms with Crippen LogP contribution in [0.4, 0.5) is 0 Å². The van der Waals surface area contributed by atoms with Crippen molar-refractivity contribution >= 4 is 0 Å². The molecule has 2 aromatic rings. The molecule has 0 spiro atoms. The zero-order chi connectivity index (χ0) is 17.2. The minimum Gasteiger partial charge on any atom is -0.497 e. The summed E-state index contributed by atoms with van der Waals surface area (Å²) in [6, 6.07) is 17.5. The molecule has 0 saturated heterocycles. The highest BCUT2D eigenvalue weighted by atomic mass is 16.5. The number of methoxy groups -OCH3 is 1. The van der Waals surface area contributed by atoms with Gasteiger partial charge < -0.3 is 19.3 Å². The highest BCUT2D eigenvalue weighted by Gasteiger charge is 2.17. The largest absolute Gasteiger partial charge is 0.497 e. The maximum atomic E-state index is 10.0. The van der Waals surface area contributed by atoms with Gasteiger partial charge in [0.25, 0.3) is 0 Å². The molecule has 0 aliphatic carbocycles. The van der Waals surface area contributed by atoms with Gasteiger partial charge in [0.1, 0.15) is 18.0 Å². The van der Waals surface area contributed by atoms with Crippen molar-refractivity contribution in [1.29, 1.82) is 0 Å². The predicted octanol–water partition coefficient (Wildman–Crippen LogP) is 3.34. The van der Waals surface area contributed by atoms with Gasteiger partial charge in [0.15, 0.2) is 0 Å². The van der Waals surface area contributed by atoms with Gasteiger partial charge in [-0.1, -0.05) is 48.5 Å². The SMILES string of the molecule is C=C[C@@H](O)[C@H](COCc1ccc(OC)cc1)OCc1ccccc1. The summed E-state index contributed by atoms with van der Waals surface area (Å²) in [6.07, 6.45) is 0.234. The van der Waals surface area contributed by atoms with Crippen molar-refractivity contribution in [2.24, 2.45) is 0 Å². The summed E-state index contributed by atoms with van der Waals surface area (Å²) in [4.78, 5) is 0. The fourth-order valence-corrected chi connectivity index (χ4v) is 2.19. The topological polar surface area (TPSA) is 47.9 Å². The van der Waals surface area contributed by atoms with E-state index in [0.717, 1.165) is 16.9 Å². The Kier molecular flexibility index (Phi) is 7.49. The second kappa shape index (κ2) is 9.88. The third kappa shape index (κ3) is 5.81. The van der Waals surface area contributed by atoms with Crippen molar-refractivity contribution in [1.82, 2.24) is 0 Å². The van der Waals surface area contributed by atoms with Crippen molar-refractivity contribution in [2.75, 3.05) is 13.7 Å². The van der Waals surface area contributed by atoms with Crippen LogP contribution < -0.4 is 4.74 Å². The zero-order valence-electron chi connectivity index (χ0n) is 13.9. The van der Waals surface area contributed by atoms with E-state index in [0.29, 0.717) is 13.2 Å². The van der Waals surface area contributed by atoms with Crippen molar-refractivity contribution in [3.05, 3.63) is 78.4 Å². The molecule has 2 aromatic carbocycles. The highest BCUT2D eigenvalue weighted by molar-refractivity contribution is 5.26. The third-order valence-corrected chi connectivity index (χ3v) is 3.64. The minimum absolute atomic E-state index is 0.284. The molecule has 2 rings (SSSR count). The zero-order valence-corrected chi connectivity index (χ0v) is 13.9. The molecule has 0 heterocycles. The Morgan fingerprint density at radius 2 is 1.67 bits per heavy atom. The summed E-state index contributed by atoms with van der Waals surface area (Å²) in [7, 11) is 1.64. The van der Waals surface area contributed by atoms with Gasteiger partial charge in [-0.3, -0.25) is 0 Å². The maximum absolute atomic E-state index is 10.0. The maximum Gasteiger partial charge on any atom is 0.118 e. The molecule has 24 heavy (non-hydrogen) atoms. The molecule has 1 N–H and O–H groups in total. The minimum atomic E-state index is -0.774. The molecule has 4 heteroatoms. The van der Waals surface area contributed by atoms with Crippen LogP contribution in [0.3, 0.4) is 0 Å². The lowest BCUT2D eigenvalue weighted by atomic mass is 10.2. The van der Waals surface area contributed by atoms with Gasteiger partial charge in [-0.25, -0.2) is 0 Å². The summed E-state index contributed by atoms with van der Waals surface area (Å²) < 4.78 is 16.6. The van der Waals surface area contributed by atoms with Crippen LogP contribution >= 0.6 is 0 Å². The molecule has 4 nitrogen and oxygen atoms in total. The molecule has 0 aliphatic heterocycles. The Morgan fingerprint density at radius 1 is 1.00 bits per heavy atom. The predicted molar refractivity (Wildman–Crippen MR) is 93.9 cm³/mol. The normalized spacial score (nSPS) is 13.2. The van der Waals surface area contributed by atoms with E-state index in [1.165, 1.54) is 6.08 Å². The molecule has 0 amide bonds.